The number of nitrogens with one attached hydrogen (secondary N) is 2. The number of aromatic nitrogens is 2. The van der Waals surface area contributed by atoms with Crippen LogP contribution in [0.1, 0.15) is 11.1 Å². The van der Waals surface area contributed by atoms with E-state index in [9.17, 15) is 0 Å². The topological polar surface area (TPSA) is 60.3 Å². The van der Waals surface area contributed by atoms with Gasteiger partial charge in [-0.15, -0.1) is 0 Å². The van der Waals surface area contributed by atoms with Crippen LogP contribution < -0.4 is 20.1 Å². The van der Waals surface area contributed by atoms with Gasteiger partial charge in [0.15, 0.2) is 10.9 Å². The lowest BCUT2D eigenvalue weighted by Gasteiger charge is -2.13. The number of benzene rings is 2. The van der Waals surface area contributed by atoms with Gasteiger partial charge in [0.1, 0.15) is 11.5 Å². The van der Waals surface area contributed by atoms with Crippen LogP contribution in [0.25, 0.3) is 0 Å². The Kier molecular flexibility index (Phi) is 6.53. The fraction of sp³-hybridized carbons (Fsp3) is 0.200. The van der Waals surface area contributed by atoms with Crippen molar-refractivity contribution in [2.24, 2.45) is 0 Å². The molecule has 0 aliphatic carbocycles. The number of halogens is 1. The normalized spacial score (nSPS) is 10.4. The van der Waals surface area contributed by atoms with Crippen LogP contribution >= 0.6 is 28.1 Å². The molecule has 2 aromatic carbocycles. The molecule has 0 atom stereocenters. The molecule has 0 saturated heterocycles. The van der Waals surface area contributed by atoms with E-state index in [-0.39, 0.29) is 0 Å². The summed E-state index contributed by atoms with van der Waals surface area (Å²) in [6.07, 6.45) is 1.92. The summed E-state index contributed by atoms with van der Waals surface area (Å²) in [7, 11) is 3.21. The SMILES string of the molecule is COc1ccc(NC(=S)Nc2nn(Cc3ccc(C)cc3)cc2Br)c(OC)c1. The van der Waals surface area contributed by atoms with E-state index in [2.05, 4.69) is 62.9 Å². The second-order valence-electron chi connectivity index (χ2n) is 6.15. The Bertz CT molecular complexity index is 973. The number of nitrogens with zero attached hydrogens (tertiary/aromatic N) is 2. The fourth-order valence-electron chi connectivity index (χ4n) is 2.61. The average molecular weight is 461 g/mol. The maximum atomic E-state index is 5.42. The molecular weight excluding hydrogens is 440 g/mol. The third kappa shape index (κ3) is 5.02. The molecule has 0 unspecified atom stereocenters. The Hall–Kier alpha value is -2.58. The highest BCUT2D eigenvalue weighted by molar-refractivity contribution is 9.10. The smallest absolute Gasteiger partial charge is 0.176 e. The van der Waals surface area contributed by atoms with Gasteiger partial charge in [-0.25, -0.2) is 0 Å². The lowest BCUT2D eigenvalue weighted by molar-refractivity contribution is 0.395. The van der Waals surface area contributed by atoms with E-state index in [0.29, 0.717) is 29.0 Å². The van der Waals surface area contributed by atoms with Crippen molar-refractivity contribution in [3.63, 3.8) is 0 Å². The Morgan fingerprint density at radius 1 is 1.11 bits per heavy atom. The Balaban J connectivity index is 1.67. The summed E-state index contributed by atoms with van der Waals surface area (Å²) < 4.78 is 13.3. The summed E-state index contributed by atoms with van der Waals surface area (Å²) in [5.74, 6) is 1.98. The Morgan fingerprint density at radius 3 is 2.54 bits per heavy atom. The van der Waals surface area contributed by atoms with Crippen LogP contribution in [0.4, 0.5) is 11.5 Å². The van der Waals surface area contributed by atoms with Crippen LogP contribution in [0.5, 0.6) is 11.5 Å². The van der Waals surface area contributed by atoms with E-state index in [1.54, 1.807) is 20.3 Å². The fourth-order valence-corrected chi connectivity index (χ4v) is 3.23. The third-order valence-corrected chi connectivity index (χ3v) is 4.86. The molecule has 0 spiro atoms. The maximum absolute atomic E-state index is 5.42. The first-order valence-corrected chi connectivity index (χ1v) is 9.77. The van der Waals surface area contributed by atoms with Crippen molar-refractivity contribution in [3.8, 4) is 11.5 Å². The van der Waals surface area contributed by atoms with Crippen LogP contribution in [-0.2, 0) is 6.54 Å². The van der Waals surface area contributed by atoms with Gasteiger partial charge in [-0.1, -0.05) is 29.8 Å². The van der Waals surface area contributed by atoms with E-state index in [1.165, 1.54) is 11.1 Å². The summed E-state index contributed by atoms with van der Waals surface area (Å²) in [5.41, 5.74) is 3.14. The van der Waals surface area contributed by atoms with Gasteiger partial charge in [0.05, 0.1) is 30.9 Å². The van der Waals surface area contributed by atoms with Gasteiger partial charge in [0.2, 0.25) is 0 Å². The average Bonchev–Trinajstić information content (AvgIpc) is 3.02. The number of aryl methyl sites for hydroxylation is 1. The molecule has 1 heterocycles. The monoisotopic (exact) mass is 460 g/mol. The van der Waals surface area contributed by atoms with Crippen molar-refractivity contribution in [1.29, 1.82) is 0 Å². The van der Waals surface area contributed by atoms with Crippen molar-refractivity contribution in [3.05, 3.63) is 64.3 Å². The molecule has 8 heteroatoms. The molecule has 0 saturated carbocycles. The van der Waals surface area contributed by atoms with Crippen LogP contribution in [0.15, 0.2) is 53.1 Å². The first kappa shape index (κ1) is 20.2. The van der Waals surface area contributed by atoms with Crippen LogP contribution in [-0.4, -0.2) is 29.1 Å². The number of thiocarbonyl (C=S) groups is 1. The number of anilines is 2. The molecule has 3 aromatic rings. The predicted octanol–water partition coefficient (Wildman–Crippen LogP) is 4.83. The number of ether oxygens (including phenoxy) is 2. The van der Waals surface area contributed by atoms with Gasteiger partial charge in [-0.2, -0.15) is 5.10 Å². The second-order valence-corrected chi connectivity index (χ2v) is 7.42. The summed E-state index contributed by atoms with van der Waals surface area (Å²) in [5, 5.41) is 11.2. The summed E-state index contributed by atoms with van der Waals surface area (Å²) in [4.78, 5) is 0. The van der Waals surface area contributed by atoms with Gasteiger partial charge < -0.3 is 20.1 Å². The molecule has 3 rings (SSSR count). The van der Waals surface area contributed by atoms with Gasteiger partial charge in [0, 0.05) is 12.3 Å². The van der Waals surface area contributed by atoms with E-state index in [1.807, 2.05) is 23.0 Å². The van der Waals surface area contributed by atoms with Crippen molar-refractivity contribution in [2.75, 3.05) is 24.9 Å². The van der Waals surface area contributed by atoms with E-state index >= 15 is 0 Å². The van der Waals surface area contributed by atoms with Crippen molar-refractivity contribution in [2.45, 2.75) is 13.5 Å². The molecule has 0 amide bonds. The highest BCUT2D eigenvalue weighted by Crippen LogP contribution is 2.29. The van der Waals surface area contributed by atoms with Gasteiger partial charge >= 0.3 is 0 Å². The molecule has 2 N–H and O–H groups in total. The molecule has 28 heavy (non-hydrogen) atoms. The van der Waals surface area contributed by atoms with Crippen molar-refractivity contribution in [1.82, 2.24) is 9.78 Å². The number of methoxy groups -OCH3 is 2. The lowest BCUT2D eigenvalue weighted by atomic mass is 10.1. The summed E-state index contributed by atoms with van der Waals surface area (Å²) in [6.45, 7) is 2.75. The number of hydrogen-bond donors (Lipinski definition) is 2. The largest absolute Gasteiger partial charge is 0.497 e. The zero-order chi connectivity index (χ0) is 20.1. The Morgan fingerprint density at radius 2 is 1.86 bits per heavy atom. The third-order valence-electron chi connectivity index (χ3n) is 4.07. The van der Waals surface area contributed by atoms with Gasteiger partial charge in [-0.05, 0) is 52.8 Å². The number of hydrogen-bond acceptors (Lipinski definition) is 4. The lowest BCUT2D eigenvalue weighted by Crippen LogP contribution is -2.20. The molecule has 1 aromatic heterocycles. The minimum Gasteiger partial charge on any atom is -0.497 e. The minimum absolute atomic E-state index is 0.407. The standard InChI is InChI=1S/C20H21BrN4O2S/c1-13-4-6-14(7-5-13)11-25-12-16(21)19(24-25)23-20(28)22-17-9-8-15(26-2)10-18(17)27-3/h4-10,12H,11H2,1-3H3,(H2,22,23,24,28). The Labute approximate surface area is 178 Å². The van der Waals surface area contributed by atoms with Gasteiger partial charge in [0.25, 0.3) is 0 Å². The highest BCUT2D eigenvalue weighted by Gasteiger charge is 2.11. The summed E-state index contributed by atoms with van der Waals surface area (Å²) >= 11 is 8.95. The first-order valence-electron chi connectivity index (χ1n) is 8.57. The van der Waals surface area contributed by atoms with Crippen LogP contribution in [0.3, 0.4) is 0 Å². The van der Waals surface area contributed by atoms with E-state index in [4.69, 9.17) is 21.7 Å². The molecule has 0 aliphatic heterocycles. The molecule has 0 fully saturated rings. The molecule has 6 nitrogen and oxygen atoms in total. The van der Waals surface area contributed by atoms with E-state index < -0.39 is 0 Å². The number of rotatable bonds is 6. The molecular formula is C20H21BrN4O2S. The molecule has 0 bridgehead atoms. The van der Waals surface area contributed by atoms with E-state index in [0.717, 1.165) is 10.2 Å². The molecule has 0 aliphatic rings. The zero-order valence-corrected chi connectivity index (χ0v) is 18.2. The zero-order valence-electron chi connectivity index (χ0n) is 15.8. The maximum Gasteiger partial charge on any atom is 0.176 e. The molecule has 146 valence electrons. The summed E-state index contributed by atoms with van der Waals surface area (Å²) in [6, 6.07) is 13.8. The second kappa shape index (κ2) is 9.07. The van der Waals surface area contributed by atoms with Crippen molar-refractivity contribution < 1.29 is 9.47 Å². The highest BCUT2D eigenvalue weighted by atomic mass is 79.9. The van der Waals surface area contributed by atoms with Crippen LogP contribution in [0, 0.1) is 6.92 Å². The quantitative estimate of drug-likeness (QED) is 0.513. The van der Waals surface area contributed by atoms with Crippen LogP contribution in [0.2, 0.25) is 0 Å². The van der Waals surface area contributed by atoms with Gasteiger partial charge in [-0.3, -0.25) is 4.68 Å². The minimum atomic E-state index is 0.407. The van der Waals surface area contributed by atoms with Crippen molar-refractivity contribution >= 4 is 44.8 Å². The predicted molar refractivity (Wildman–Crippen MR) is 120 cm³/mol. The molecule has 0 radical (unpaired) electrons. The first-order chi connectivity index (χ1) is 13.5.